The first-order valence-electron chi connectivity index (χ1n) is 4.93. The van der Waals surface area contributed by atoms with Crippen molar-refractivity contribution in [2.45, 2.75) is 11.7 Å². The Balaban J connectivity index is 1.94. The molecule has 1 aliphatic heterocycles. The average molecular weight is 234 g/mol. The smallest absolute Gasteiger partial charge is 0.221 e. The van der Waals surface area contributed by atoms with Crippen LogP contribution in [0.1, 0.15) is 6.42 Å². The highest BCUT2D eigenvalue weighted by Gasteiger charge is 2.13. The average Bonchev–Trinajstić information content (AvgIpc) is 2.25. The molecule has 3 nitrogen and oxygen atoms in total. The number of hydrogen-bond donors (Lipinski definition) is 2. The minimum Gasteiger partial charge on any atom is -0.359 e. The summed E-state index contributed by atoms with van der Waals surface area (Å²) in [5.41, 5.74) is 0. The van der Waals surface area contributed by atoms with E-state index in [-0.39, 0.29) is 5.91 Å². The van der Waals surface area contributed by atoms with Crippen molar-refractivity contribution < 1.29 is 4.79 Å². The summed E-state index contributed by atoms with van der Waals surface area (Å²) in [7, 11) is 1.68. The second kappa shape index (κ2) is 7.43. The van der Waals surface area contributed by atoms with Crippen molar-refractivity contribution in [2.75, 3.05) is 37.4 Å². The molecule has 1 fully saturated rings. The third-order valence-corrected chi connectivity index (χ3v) is 4.91. The van der Waals surface area contributed by atoms with Gasteiger partial charge in [-0.05, 0) is 0 Å². The van der Waals surface area contributed by atoms with E-state index in [9.17, 15) is 4.79 Å². The van der Waals surface area contributed by atoms with Crippen LogP contribution in [0.25, 0.3) is 0 Å². The first kappa shape index (κ1) is 12.2. The molecule has 1 heterocycles. The van der Waals surface area contributed by atoms with Gasteiger partial charge < -0.3 is 10.6 Å². The molecular formula is C9H18N2OS2. The highest BCUT2D eigenvalue weighted by atomic mass is 32.2. The van der Waals surface area contributed by atoms with Gasteiger partial charge in [-0.3, -0.25) is 4.79 Å². The Morgan fingerprint density at radius 3 is 3.00 bits per heavy atom. The van der Waals surface area contributed by atoms with Crippen molar-refractivity contribution in [2.24, 2.45) is 0 Å². The molecule has 1 aliphatic rings. The van der Waals surface area contributed by atoms with Gasteiger partial charge in [0.25, 0.3) is 0 Å². The number of thioether (sulfide) groups is 2. The van der Waals surface area contributed by atoms with Gasteiger partial charge >= 0.3 is 0 Å². The lowest BCUT2D eigenvalue weighted by Crippen LogP contribution is -2.31. The summed E-state index contributed by atoms with van der Waals surface area (Å²) < 4.78 is 0. The number of rotatable bonds is 5. The van der Waals surface area contributed by atoms with E-state index >= 15 is 0 Å². The second-order valence-electron chi connectivity index (χ2n) is 3.20. The number of carbonyl (C=O) groups is 1. The van der Waals surface area contributed by atoms with E-state index < -0.39 is 0 Å². The van der Waals surface area contributed by atoms with E-state index in [1.165, 1.54) is 17.3 Å². The quantitative estimate of drug-likeness (QED) is 0.682. The maximum Gasteiger partial charge on any atom is 0.221 e. The number of carbonyl (C=O) groups excluding carboxylic acids is 1. The highest BCUT2D eigenvalue weighted by molar-refractivity contribution is 8.06. The van der Waals surface area contributed by atoms with Crippen molar-refractivity contribution in [3.8, 4) is 0 Å². The Kier molecular flexibility index (Phi) is 6.47. The van der Waals surface area contributed by atoms with Gasteiger partial charge in [0.1, 0.15) is 0 Å². The van der Waals surface area contributed by atoms with Gasteiger partial charge in [0.2, 0.25) is 5.91 Å². The lowest BCUT2D eigenvalue weighted by atomic mass is 10.4. The van der Waals surface area contributed by atoms with Crippen LogP contribution >= 0.6 is 23.5 Å². The van der Waals surface area contributed by atoms with Gasteiger partial charge in [-0.25, -0.2) is 0 Å². The van der Waals surface area contributed by atoms with Gasteiger partial charge in [-0.15, -0.1) is 0 Å². The predicted molar refractivity (Wildman–Crippen MR) is 65.1 cm³/mol. The van der Waals surface area contributed by atoms with E-state index in [4.69, 9.17) is 0 Å². The fraction of sp³-hybridized carbons (Fsp3) is 0.889. The minimum atomic E-state index is 0.114. The molecule has 2 N–H and O–H groups in total. The minimum absolute atomic E-state index is 0.114. The van der Waals surface area contributed by atoms with Crippen molar-refractivity contribution in [1.82, 2.24) is 10.6 Å². The van der Waals surface area contributed by atoms with Gasteiger partial charge in [-0.1, -0.05) is 0 Å². The first-order valence-corrected chi connectivity index (χ1v) is 7.14. The summed E-state index contributed by atoms with van der Waals surface area (Å²) in [6.45, 7) is 1.83. The van der Waals surface area contributed by atoms with E-state index in [1.807, 2.05) is 23.5 Å². The largest absolute Gasteiger partial charge is 0.359 e. The van der Waals surface area contributed by atoms with Crippen LogP contribution in [0.5, 0.6) is 0 Å². The number of nitrogens with one attached hydrogen (secondary N) is 2. The van der Waals surface area contributed by atoms with E-state index in [2.05, 4.69) is 10.6 Å². The molecule has 1 atom stereocenters. The normalized spacial score (nSPS) is 21.9. The topological polar surface area (TPSA) is 41.1 Å². The summed E-state index contributed by atoms with van der Waals surface area (Å²) in [6, 6.07) is 0. The van der Waals surface area contributed by atoms with Crippen LogP contribution in [0.3, 0.4) is 0 Å². The standard InChI is InChI=1S/C9H18N2OS2/c1-10-9(12)2-3-11-6-8-7-13-4-5-14-8/h8,11H,2-7H2,1H3,(H,10,12). The molecule has 0 bridgehead atoms. The Bertz CT molecular complexity index is 172. The Hall–Kier alpha value is 0.130. The van der Waals surface area contributed by atoms with Gasteiger partial charge in [0, 0.05) is 49.1 Å². The third kappa shape index (κ3) is 5.12. The molecule has 0 aromatic carbocycles. The van der Waals surface area contributed by atoms with Gasteiger partial charge in [-0.2, -0.15) is 23.5 Å². The monoisotopic (exact) mass is 234 g/mol. The second-order valence-corrected chi connectivity index (χ2v) is 5.75. The fourth-order valence-corrected chi connectivity index (χ4v) is 3.89. The maximum atomic E-state index is 10.9. The molecule has 0 saturated carbocycles. The van der Waals surface area contributed by atoms with Crippen LogP contribution < -0.4 is 10.6 Å². The van der Waals surface area contributed by atoms with E-state index in [0.29, 0.717) is 6.42 Å². The molecule has 0 spiro atoms. The van der Waals surface area contributed by atoms with Crippen LogP contribution in [0, 0.1) is 0 Å². The van der Waals surface area contributed by atoms with Crippen molar-refractivity contribution in [3.63, 3.8) is 0 Å². The summed E-state index contributed by atoms with van der Waals surface area (Å²) >= 11 is 4.08. The van der Waals surface area contributed by atoms with Gasteiger partial charge in [0.05, 0.1) is 0 Å². The maximum absolute atomic E-state index is 10.9. The van der Waals surface area contributed by atoms with Crippen LogP contribution in [-0.4, -0.2) is 48.6 Å². The predicted octanol–water partition coefficient (Wildman–Crippen LogP) is 0.561. The molecular weight excluding hydrogens is 216 g/mol. The molecule has 1 unspecified atom stereocenters. The van der Waals surface area contributed by atoms with Gasteiger partial charge in [0.15, 0.2) is 0 Å². The van der Waals surface area contributed by atoms with Crippen molar-refractivity contribution >= 4 is 29.4 Å². The van der Waals surface area contributed by atoms with E-state index in [1.54, 1.807) is 7.05 Å². The summed E-state index contributed by atoms with van der Waals surface area (Å²) in [5, 5.41) is 6.68. The Labute approximate surface area is 94.2 Å². The SMILES string of the molecule is CNC(=O)CCNCC1CSCCS1. The molecule has 0 radical (unpaired) electrons. The lowest BCUT2D eigenvalue weighted by molar-refractivity contribution is -0.120. The fourth-order valence-electron chi connectivity index (χ4n) is 1.24. The summed E-state index contributed by atoms with van der Waals surface area (Å²) in [6.07, 6.45) is 0.584. The summed E-state index contributed by atoms with van der Waals surface area (Å²) in [4.78, 5) is 10.9. The zero-order valence-corrected chi connectivity index (χ0v) is 10.2. The van der Waals surface area contributed by atoms with Crippen LogP contribution in [0.2, 0.25) is 0 Å². The zero-order valence-electron chi connectivity index (χ0n) is 8.54. The third-order valence-electron chi connectivity index (χ3n) is 2.06. The Morgan fingerprint density at radius 2 is 2.36 bits per heavy atom. The van der Waals surface area contributed by atoms with Crippen molar-refractivity contribution in [1.29, 1.82) is 0 Å². The number of hydrogen-bond acceptors (Lipinski definition) is 4. The molecule has 1 rings (SSSR count). The zero-order chi connectivity index (χ0) is 10.2. The number of amides is 1. The highest BCUT2D eigenvalue weighted by Crippen LogP contribution is 2.23. The molecule has 0 aliphatic carbocycles. The molecule has 0 aromatic heterocycles. The summed E-state index contributed by atoms with van der Waals surface area (Å²) in [5.74, 6) is 3.92. The van der Waals surface area contributed by atoms with Crippen molar-refractivity contribution in [3.05, 3.63) is 0 Å². The van der Waals surface area contributed by atoms with Crippen LogP contribution in [-0.2, 0) is 4.79 Å². The van der Waals surface area contributed by atoms with Crippen LogP contribution in [0.15, 0.2) is 0 Å². The first-order chi connectivity index (χ1) is 6.83. The molecule has 1 amide bonds. The Morgan fingerprint density at radius 1 is 1.50 bits per heavy atom. The molecule has 82 valence electrons. The molecule has 0 aromatic rings. The van der Waals surface area contributed by atoms with E-state index in [0.717, 1.165) is 18.3 Å². The molecule has 5 heteroatoms. The van der Waals surface area contributed by atoms with Crippen LogP contribution in [0.4, 0.5) is 0 Å². The molecule has 1 saturated heterocycles. The molecule has 14 heavy (non-hydrogen) atoms. The lowest BCUT2D eigenvalue weighted by Gasteiger charge is -2.21.